The summed E-state index contributed by atoms with van der Waals surface area (Å²) >= 11 is 0. The fourth-order valence-corrected chi connectivity index (χ4v) is 1.95. The molecule has 4 heteroatoms. The van der Waals surface area contributed by atoms with Crippen molar-refractivity contribution in [2.45, 2.75) is 27.3 Å². The number of anilines is 1. The molecule has 0 fully saturated rings. The Morgan fingerprint density at radius 2 is 1.95 bits per heavy atom. The third kappa shape index (κ3) is 3.29. The molecule has 0 saturated carbocycles. The summed E-state index contributed by atoms with van der Waals surface area (Å²) in [5.74, 6) is 1.28. The van der Waals surface area contributed by atoms with Gasteiger partial charge in [-0.05, 0) is 31.9 Å². The monoisotopic (exact) mass is 252 g/mol. The predicted molar refractivity (Wildman–Crippen MR) is 74.7 cm³/mol. The Bertz CT molecular complexity index is 641. The summed E-state index contributed by atoms with van der Waals surface area (Å²) in [5.41, 5.74) is 4.11. The van der Waals surface area contributed by atoms with Crippen molar-refractivity contribution in [1.82, 2.24) is 9.97 Å². The molecule has 4 nitrogen and oxygen atoms in total. The highest BCUT2D eigenvalue weighted by atomic mass is 15.0. The molecule has 0 unspecified atom stereocenters. The number of nitrogens with zero attached hydrogens (tertiary/aromatic N) is 3. The van der Waals surface area contributed by atoms with Gasteiger partial charge in [-0.1, -0.05) is 23.8 Å². The normalized spacial score (nSPS) is 10.0. The molecular formula is C15H16N4. The number of nitrogens with one attached hydrogen (secondary N) is 1. The van der Waals surface area contributed by atoms with Gasteiger partial charge in [0.25, 0.3) is 0 Å². The minimum Gasteiger partial charge on any atom is -0.366 e. The van der Waals surface area contributed by atoms with Crippen molar-refractivity contribution < 1.29 is 0 Å². The molecular weight excluding hydrogens is 236 g/mol. The van der Waals surface area contributed by atoms with Crippen LogP contribution in [0, 0.1) is 32.1 Å². The molecule has 2 rings (SSSR count). The van der Waals surface area contributed by atoms with Crippen LogP contribution in [0.3, 0.4) is 0 Å². The Morgan fingerprint density at radius 1 is 1.16 bits per heavy atom. The van der Waals surface area contributed by atoms with E-state index in [1.807, 2.05) is 6.07 Å². The minimum absolute atomic E-state index is 0.385. The first-order valence-electron chi connectivity index (χ1n) is 6.14. The number of nitriles is 1. The number of benzene rings is 1. The van der Waals surface area contributed by atoms with E-state index in [0.29, 0.717) is 23.9 Å². The number of hydrogen-bond acceptors (Lipinski definition) is 4. The SMILES string of the molecule is Cc1ccc(CNc2cc(C#N)nc(C)n2)c(C)c1. The summed E-state index contributed by atoms with van der Waals surface area (Å²) < 4.78 is 0. The van der Waals surface area contributed by atoms with Crippen LogP contribution in [-0.4, -0.2) is 9.97 Å². The molecule has 2 aromatic rings. The van der Waals surface area contributed by atoms with Gasteiger partial charge in [0.1, 0.15) is 23.4 Å². The van der Waals surface area contributed by atoms with Crippen LogP contribution in [0.2, 0.25) is 0 Å². The highest BCUT2D eigenvalue weighted by Crippen LogP contribution is 2.13. The zero-order valence-electron chi connectivity index (χ0n) is 11.4. The van der Waals surface area contributed by atoms with Crippen molar-refractivity contribution in [3.63, 3.8) is 0 Å². The summed E-state index contributed by atoms with van der Waals surface area (Å²) in [6.45, 7) is 6.64. The lowest BCUT2D eigenvalue weighted by atomic mass is 10.1. The van der Waals surface area contributed by atoms with Crippen LogP contribution in [0.25, 0.3) is 0 Å². The van der Waals surface area contributed by atoms with Gasteiger partial charge < -0.3 is 5.32 Å². The van der Waals surface area contributed by atoms with Crippen molar-refractivity contribution in [1.29, 1.82) is 5.26 Å². The van der Waals surface area contributed by atoms with E-state index < -0.39 is 0 Å². The fourth-order valence-electron chi connectivity index (χ4n) is 1.95. The Kier molecular flexibility index (Phi) is 3.76. The molecule has 1 N–H and O–H groups in total. The van der Waals surface area contributed by atoms with E-state index in [1.165, 1.54) is 16.7 Å². The zero-order chi connectivity index (χ0) is 13.8. The molecule has 1 aromatic carbocycles. The Morgan fingerprint density at radius 3 is 2.63 bits per heavy atom. The van der Waals surface area contributed by atoms with E-state index in [9.17, 15) is 0 Å². The average molecular weight is 252 g/mol. The number of rotatable bonds is 3. The molecule has 0 aliphatic rings. The summed E-state index contributed by atoms with van der Waals surface area (Å²) in [6.07, 6.45) is 0. The van der Waals surface area contributed by atoms with Gasteiger partial charge in [-0.3, -0.25) is 0 Å². The largest absolute Gasteiger partial charge is 0.366 e. The molecule has 0 spiro atoms. The molecule has 0 bridgehead atoms. The Labute approximate surface area is 113 Å². The summed E-state index contributed by atoms with van der Waals surface area (Å²) in [5, 5.41) is 12.1. The fraction of sp³-hybridized carbons (Fsp3) is 0.267. The van der Waals surface area contributed by atoms with Crippen LogP contribution in [0.1, 0.15) is 28.2 Å². The van der Waals surface area contributed by atoms with E-state index in [-0.39, 0.29) is 0 Å². The maximum absolute atomic E-state index is 8.88. The topological polar surface area (TPSA) is 61.6 Å². The van der Waals surface area contributed by atoms with Gasteiger partial charge in [-0.2, -0.15) is 5.26 Å². The first-order chi connectivity index (χ1) is 9.08. The van der Waals surface area contributed by atoms with Gasteiger partial charge in [0, 0.05) is 12.6 Å². The van der Waals surface area contributed by atoms with Crippen LogP contribution in [0.15, 0.2) is 24.3 Å². The number of aromatic nitrogens is 2. The van der Waals surface area contributed by atoms with Crippen molar-refractivity contribution >= 4 is 5.82 Å². The third-order valence-electron chi connectivity index (χ3n) is 2.91. The second kappa shape index (κ2) is 5.49. The molecule has 0 atom stereocenters. The molecule has 1 heterocycles. The molecule has 0 saturated heterocycles. The lowest BCUT2D eigenvalue weighted by Crippen LogP contribution is -2.05. The molecule has 0 radical (unpaired) electrons. The maximum atomic E-state index is 8.88. The van der Waals surface area contributed by atoms with Gasteiger partial charge in [0.15, 0.2) is 0 Å². The molecule has 0 aliphatic heterocycles. The van der Waals surface area contributed by atoms with Crippen LogP contribution in [0.5, 0.6) is 0 Å². The van der Waals surface area contributed by atoms with Gasteiger partial charge in [-0.25, -0.2) is 9.97 Å². The van der Waals surface area contributed by atoms with Gasteiger partial charge >= 0.3 is 0 Å². The molecule has 0 aliphatic carbocycles. The van der Waals surface area contributed by atoms with E-state index in [0.717, 1.165) is 0 Å². The lowest BCUT2D eigenvalue weighted by Gasteiger charge is -2.09. The lowest BCUT2D eigenvalue weighted by molar-refractivity contribution is 1.01. The number of hydrogen-bond donors (Lipinski definition) is 1. The third-order valence-corrected chi connectivity index (χ3v) is 2.91. The van der Waals surface area contributed by atoms with Crippen molar-refractivity contribution in [2.75, 3.05) is 5.32 Å². The zero-order valence-corrected chi connectivity index (χ0v) is 11.4. The van der Waals surface area contributed by atoms with Crippen LogP contribution < -0.4 is 5.32 Å². The van der Waals surface area contributed by atoms with Crippen LogP contribution >= 0.6 is 0 Å². The van der Waals surface area contributed by atoms with Crippen LogP contribution in [0.4, 0.5) is 5.82 Å². The maximum Gasteiger partial charge on any atom is 0.146 e. The van der Waals surface area contributed by atoms with Gasteiger partial charge in [0.2, 0.25) is 0 Å². The van der Waals surface area contributed by atoms with Crippen LogP contribution in [-0.2, 0) is 6.54 Å². The van der Waals surface area contributed by atoms with Crippen molar-refractivity contribution in [3.05, 3.63) is 52.5 Å². The highest BCUT2D eigenvalue weighted by Gasteiger charge is 2.03. The Hall–Kier alpha value is -2.41. The van der Waals surface area contributed by atoms with Crippen molar-refractivity contribution in [3.8, 4) is 6.07 Å². The smallest absolute Gasteiger partial charge is 0.146 e. The molecule has 19 heavy (non-hydrogen) atoms. The average Bonchev–Trinajstić information content (AvgIpc) is 2.37. The summed E-state index contributed by atoms with van der Waals surface area (Å²) in [6, 6.07) is 10.1. The first kappa shape index (κ1) is 13.0. The molecule has 1 aromatic heterocycles. The predicted octanol–water partition coefficient (Wildman–Crippen LogP) is 2.89. The van der Waals surface area contributed by atoms with E-state index >= 15 is 0 Å². The quantitative estimate of drug-likeness (QED) is 0.912. The molecule has 0 amide bonds. The van der Waals surface area contributed by atoms with E-state index in [1.54, 1.807) is 13.0 Å². The van der Waals surface area contributed by atoms with Crippen molar-refractivity contribution in [2.24, 2.45) is 0 Å². The summed E-state index contributed by atoms with van der Waals surface area (Å²) in [4.78, 5) is 8.29. The standard InChI is InChI=1S/C15H16N4/c1-10-4-5-13(11(2)6-10)9-17-15-7-14(8-16)18-12(3)19-15/h4-7H,9H2,1-3H3,(H,17,18,19). The minimum atomic E-state index is 0.385. The number of aryl methyl sites for hydroxylation is 3. The second-order valence-electron chi connectivity index (χ2n) is 4.58. The Balaban J connectivity index is 2.14. The molecule has 96 valence electrons. The highest BCUT2D eigenvalue weighted by molar-refractivity contribution is 5.41. The first-order valence-corrected chi connectivity index (χ1v) is 6.14. The second-order valence-corrected chi connectivity index (χ2v) is 4.58. The van der Waals surface area contributed by atoms with E-state index in [2.05, 4.69) is 47.3 Å². The summed E-state index contributed by atoms with van der Waals surface area (Å²) in [7, 11) is 0. The van der Waals surface area contributed by atoms with E-state index in [4.69, 9.17) is 5.26 Å². The van der Waals surface area contributed by atoms with Gasteiger partial charge in [0.05, 0.1) is 0 Å². The van der Waals surface area contributed by atoms with Gasteiger partial charge in [-0.15, -0.1) is 0 Å².